The number of fused-ring (bicyclic) bond motifs is 1. The van der Waals surface area contributed by atoms with Crippen LogP contribution in [-0.4, -0.2) is 14.8 Å². The van der Waals surface area contributed by atoms with Crippen LogP contribution in [0.1, 0.15) is 44.5 Å². The standard InChI is InChI=1S/C14H16FN3.C2H6/c1-10-6-7-12(15)11(9-10)14-17-16-13-5-3-2-4-8-18(13)14;1-2/h6-7,9H,2-5,8H2,1H3;1-2H3. The lowest BCUT2D eigenvalue weighted by molar-refractivity contribution is 0.616. The Balaban J connectivity index is 0.000000704. The van der Waals surface area contributed by atoms with Crippen molar-refractivity contribution in [1.29, 1.82) is 0 Å². The zero-order valence-corrected chi connectivity index (χ0v) is 12.5. The molecule has 1 aromatic heterocycles. The van der Waals surface area contributed by atoms with Gasteiger partial charge in [0.15, 0.2) is 5.82 Å². The summed E-state index contributed by atoms with van der Waals surface area (Å²) in [5.74, 6) is 1.44. The zero-order valence-electron chi connectivity index (χ0n) is 12.5. The Morgan fingerprint density at radius 1 is 1.10 bits per heavy atom. The highest BCUT2D eigenvalue weighted by Gasteiger charge is 2.18. The maximum atomic E-state index is 13.9. The van der Waals surface area contributed by atoms with Crippen LogP contribution in [0.15, 0.2) is 18.2 Å². The predicted molar refractivity (Wildman–Crippen MR) is 79.1 cm³/mol. The van der Waals surface area contributed by atoms with E-state index in [-0.39, 0.29) is 5.82 Å². The second kappa shape index (κ2) is 6.64. The monoisotopic (exact) mass is 275 g/mol. The first-order chi connectivity index (χ1) is 9.75. The predicted octanol–water partition coefficient (Wildman–Crippen LogP) is 4.15. The Hall–Kier alpha value is -1.71. The molecule has 0 aliphatic carbocycles. The third-order valence-electron chi connectivity index (χ3n) is 3.47. The van der Waals surface area contributed by atoms with Crippen molar-refractivity contribution in [3.8, 4) is 11.4 Å². The minimum absolute atomic E-state index is 0.222. The fourth-order valence-electron chi connectivity index (χ4n) is 2.49. The molecule has 4 heteroatoms. The lowest BCUT2D eigenvalue weighted by Crippen LogP contribution is -2.04. The second-order valence-electron chi connectivity index (χ2n) is 4.89. The molecule has 0 radical (unpaired) electrons. The average molecular weight is 275 g/mol. The first kappa shape index (κ1) is 14.7. The smallest absolute Gasteiger partial charge is 0.166 e. The van der Waals surface area contributed by atoms with Gasteiger partial charge in [0.25, 0.3) is 0 Å². The number of nitrogens with zero attached hydrogens (tertiary/aromatic N) is 3. The molecule has 3 nitrogen and oxygen atoms in total. The SMILES string of the molecule is CC.Cc1ccc(F)c(-c2nnc3n2CCCCC3)c1. The number of aryl methyl sites for hydroxylation is 2. The molecule has 0 spiro atoms. The molecule has 2 heterocycles. The molecule has 1 aliphatic heterocycles. The quantitative estimate of drug-likeness (QED) is 0.783. The molecule has 3 rings (SSSR count). The summed E-state index contributed by atoms with van der Waals surface area (Å²) in [6.45, 7) is 6.85. The first-order valence-electron chi connectivity index (χ1n) is 7.44. The van der Waals surface area contributed by atoms with Gasteiger partial charge in [-0.2, -0.15) is 0 Å². The van der Waals surface area contributed by atoms with Crippen molar-refractivity contribution >= 4 is 0 Å². The number of hydrogen-bond acceptors (Lipinski definition) is 2. The maximum absolute atomic E-state index is 13.9. The molecule has 0 saturated heterocycles. The molecule has 0 fully saturated rings. The third kappa shape index (κ3) is 2.89. The van der Waals surface area contributed by atoms with Gasteiger partial charge in [0.05, 0.1) is 5.56 Å². The molecular weight excluding hydrogens is 253 g/mol. The van der Waals surface area contributed by atoms with E-state index >= 15 is 0 Å². The summed E-state index contributed by atoms with van der Waals surface area (Å²) < 4.78 is 16.0. The fraction of sp³-hybridized carbons (Fsp3) is 0.500. The Morgan fingerprint density at radius 2 is 1.90 bits per heavy atom. The van der Waals surface area contributed by atoms with E-state index in [1.165, 1.54) is 12.5 Å². The van der Waals surface area contributed by atoms with Crippen LogP contribution in [0.4, 0.5) is 4.39 Å². The molecule has 0 saturated carbocycles. The topological polar surface area (TPSA) is 30.7 Å². The molecule has 0 unspecified atom stereocenters. The van der Waals surface area contributed by atoms with E-state index in [2.05, 4.69) is 14.8 Å². The van der Waals surface area contributed by atoms with E-state index in [9.17, 15) is 4.39 Å². The van der Waals surface area contributed by atoms with Gasteiger partial charge in [0.2, 0.25) is 0 Å². The normalized spacial score (nSPS) is 14.0. The van der Waals surface area contributed by atoms with Crippen LogP contribution in [0.5, 0.6) is 0 Å². The Morgan fingerprint density at radius 3 is 2.70 bits per heavy atom. The van der Waals surface area contributed by atoms with Crippen molar-refractivity contribution in [2.24, 2.45) is 0 Å². The molecule has 1 aromatic carbocycles. The molecular formula is C16H22FN3. The van der Waals surface area contributed by atoms with Gasteiger partial charge >= 0.3 is 0 Å². The van der Waals surface area contributed by atoms with Crippen LogP contribution in [0.3, 0.4) is 0 Å². The highest BCUT2D eigenvalue weighted by atomic mass is 19.1. The van der Waals surface area contributed by atoms with Crippen LogP contribution in [0.25, 0.3) is 11.4 Å². The molecule has 20 heavy (non-hydrogen) atoms. The summed E-state index contributed by atoms with van der Waals surface area (Å²) in [6.07, 6.45) is 4.42. The van der Waals surface area contributed by atoms with Crippen LogP contribution in [0.2, 0.25) is 0 Å². The Bertz CT molecular complexity index is 575. The van der Waals surface area contributed by atoms with E-state index < -0.39 is 0 Å². The lowest BCUT2D eigenvalue weighted by Gasteiger charge is -2.08. The number of aromatic nitrogens is 3. The van der Waals surface area contributed by atoms with Crippen LogP contribution in [-0.2, 0) is 13.0 Å². The number of halogens is 1. The third-order valence-corrected chi connectivity index (χ3v) is 3.47. The van der Waals surface area contributed by atoms with E-state index in [0.717, 1.165) is 37.2 Å². The largest absolute Gasteiger partial charge is 0.311 e. The molecule has 108 valence electrons. The van der Waals surface area contributed by atoms with Crippen molar-refractivity contribution in [1.82, 2.24) is 14.8 Å². The van der Waals surface area contributed by atoms with Gasteiger partial charge < -0.3 is 4.57 Å². The van der Waals surface area contributed by atoms with Crippen molar-refractivity contribution in [2.75, 3.05) is 0 Å². The van der Waals surface area contributed by atoms with Crippen LogP contribution >= 0.6 is 0 Å². The van der Waals surface area contributed by atoms with E-state index in [1.54, 1.807) is 6.07 Å². The average Bonchev–Trinajstić information content (AvgIpc) is 2.72. The van der Waals surface area contributed by atoms with E-state index in [4.69, 9.17) is 0 Å². The lowest BCUT2D eigenvalue weighted by atomic mass is 10.1. The fourth-order valence-corrected chi connectivity index (χ4v) is 2.49. The summed E-state index contributed by atoms with van der Waals surface area (Å²) in [6, 6.07) is 5.12. The minimum Gasteiger partial charge on any atom is -0.311 e. The van der Waals surface area contributed by atoms with Crippen LogP contribution in [0, 0.1) is 12.7 Å². The summed E-state index contributed by atoms with van der Waals surface area (Å²) in [4.78, 5) is 0. The molecule has 0 N–H and O–H groups in total. The second-order valence-corrected chi connectivity index (χ2v) is 4.89. The van der Waals surface area contributed by atoms with Gasteiger partial charge in [0.1, 0.15) is 11.6 Å². The van der Waals surface area contributed by atoms with Gasteiger partial charge in [-0.05, 0) is 31.9 Å². The Labute approximate surface area is 119 Å². The molecule has 1 aliphatic rings. The highest BCUT2D eigenvalue weighted by molar-refractivity contribution is 5.57. The van der Waals surface area contributed by atoms with Gasteiger partial charge in [-0.3, -0.25) is 0 Å². The molecule has 0 bridgehead atoms. The van der Waals surface area contributed by atoms with Gasteiger partial charge in [0, 0.05) is 13.0 Å². The van der Waals surface area contributed by atoms with Crippen molar-refractivity contribution in [2.45, 2.75) is 53.0 Å². The zero-order chi connectivity index (χ0) is 14.5. The van der Waals surface area contributed by atoms with Crippen molar-refractivity contribution < 1.29 is 4.39 Å². The van der Waals surface area contributed by atoms with E-state index in [1.807, 2.05) is 26.8 Å². The van der Waals surface area contributed by atoms with Gasteiger partial charge in [-0.15, -0.1) is 10.2 Å². The minimum atomic E-state index is -0.222. The van der Waals surface area contributed by atoms with E-state index in [0.29, 0.717) is 11.4 Å². The number of rotatable bonds is 1. The summed E-state index contributed by atoms with van der Waals surface area (Å²) >= 11 is 0. The highest BCUT2D eigenvalue weighted by Crippen LogP contribution is 2.25. The first-order valence-corrected chi connectivity index (χ1v) is 7.44. The summed E-state index contributed by atoms with van der Waals surface area (Å²) in [5.41, 5.74) is 1.60. The summed E-state index contributed by atoms with van der Waals surface area (Å²) in [5, 5.41) is 8.39. The summed E-state index contributed by atoms with van der Waals surface area (Å²) in [7, 11) is 0. The Kier molecular flexibility index (Phi) is 4.88. The molecule has 0 amide bonds. The van der Waals surface area contributed by atoms with Crippen molar-refractivity contribution in [3.63, 3.8) is 0 Å². The number of benzene rings is 1. The van der Waals surface area contributed by atoms with Crippen molar-refractivity contribution in [3.05, 3.63) is 35.4 Å². The molecule has 2 aromatic rings. The molecule has 0 atom stereocenters. The van der Waals surface area contributed by atoms with Crippen LogP contribution < -0.4 is 0 Å². The van der Waals surface area contributed by atoms with Gasteiger partial charge in [-0.1, -0.05) is 31.9 Å². The van der Waals surface area contributed by atoms with Gasteiger partial charge in [-0.25, -0.2) is 4.39 Å². The maximum Gasteiger partial charge on any atom is 0.166 e. The number of hydrogen-bond donors (Lipinski definition) is 0.